The molecule has 0 spiro atoms. The zero-order chi connectivity index (χ0) is 11.0. The normalized spacial score (nSPS) is 36.8. The summed E-state index contributed by atoms with van der Waals surface area (Å²) in [6.07, 6.45) is -1.02. The summed E-state index contributed by atoms with van der Waals surface area (Å²) in [4.78, 5) is 0. The molecule has 16 heavy (non-hydrogen) atoms. The molecule has 4 heteroatoms. The first-order chi connectivity index (χ1) is 7.84. The Morgan fingerprint density at radius 2 is 2.06 bits per heavy atom. The zero-order valence-corrected chi connectivity index (χ0v) is 8.78. The van der Waals surface area contributed by atoms with Gasteiger partial charge in [0.1, 0.15) is 18.3 Å². The lowest BCUT2D eigenvalue weighted by Gasteiger charge is -2.22. The molecule has 0 bridgehead atoms. The lowest BCUT2D eigenvalue weighted by Crippen LogP contribution is -2.38. The van der Waals surface area contributed by atoms with Crippen LogP contribution in [0.3, 0.4) is 0 Å². The lowest BCUT2D eigenvalue weighted by atomic mass is 10.1. The first kappa shape index (κ1) is 10.2. The number of aliphatic hydroxyl groups excluding tert-OH is 1. The van der Waals surface area contributed by atoms with Crippen LogP contribution >= 0.6 is 0 Å². The molecule has 2 saturated heterocycles. The molecular weight excluding hydrogens is 208 g/mol. The van der Waals surface area contributed by atoms with Crippen LogP contribution in [0.4, 0.5) is 0 Å². The average molecular weight is 222 g/mol. The number of hydrogen-bond donors (Lipinski definition) is 1. The Hall–Kier alpha value is -0.940. The van der Waals surface area contributed by atoms with E-state index in [0.29, 0.717) is 13.2 Å². The fourth-order valence-corrected chi connectivity index (χ4v) is 1.94. The molecule has 2 aliphatic heterocycles. The Morgan fingerprint density at radius 1 is 1.25 bits per heavy atom. The van der Waals surface area contributed by atoms with Crippen LogP contribution in [0.1, 0.15) is 5.56 Å². The van der Waals surface area contributed by atoms with Crippen molar-refractivity contribution in [1.29, 1.82) is 0 Å². The van der Waals surface area contributed by atoms with Crippen LogP contribution in [-0.4, -0.2) is 36.3 Å². The van der Waals surface area contributed by atoms with Crippen molar-refractivity contribution in [3.63, 3.8) is 0 Å². The van der Waals surface area contributed by atoms with E-state index in [-0.39, 0.29) is 18.5 Å². The predicted molar refractivity (Wildman–Crippen MR) is 55.6 cm³/mol. The van der Waals surface area contributed by atoms with Gasteiger partial charge in [-0.25, -0.2) is 0 Å². The van der Waals surface area contributed by atoms with Gasteiger partial charge in [0.25, 0.3) is 0 Å². The van der Waals surface area contributed by atoms with E-state index in [0.717, 1.165) is 5.56 Å². The Morgan fingerprint density at radius 3 is 2.88 bits per heavy atom. The van der Waals surface area contributed by atoms with Gasteiger partial charge >= 0.3 is 0 Å². The van der Waals surface area contributed by atoms with E-state index < -0.39 is 6.10 Å². The summed E-state index contributed by atoms with van der Waals surface area (Å²) in [5.74, 6) is 0. The molecule has 0 aromatic heterocycles. The van der Waals surface area contributed by atoms with Gasteiger partial charge in [-0.2, -0.15) is 0 Å². The van der Waals surface area contributed by atoms with Crippen molar-refractivity contribution in [3.05, 3.63) is 35.9 Å². The molecule has 2 aliphatic rings. The number of ether oxygens (including phenoxy) is 3. The summed E-state index contributed by atoms with van der Waals surface area (Å²) >= 11 is 0. The number of hydrogen-bond acceptors (Lipinski definition) is 4. The van der Waals surface area contributed by atoms with Gasteiger partial charge in [0.15, 0.2) is 6.29 Å². The monoisotopic (exact) mass is 222 g/mol. The van der Waals surface area contributed by atoms with Gasteiger partial charge in [0.05, 0.1) is 13.2 Å². The Labute approximate surface area is 93.7 Å². The van der Waals surface area contributed by atoms with Crippen LogP contribution in [0.15, 0.2) is 30.3 Å². The SMILES string of the molecule is O[C@H]1CO[C@H](OCc2ccccc2)[C@H]2O[C@H]21. The molecule has 2 fully saturated rings. The van der Waals surface area contributed by atoms with Crippen LogP contribution in [0.25, 0.3) is 0 Å². The van der Waals surface area contributed by atoms with Crippen molar-refractivity contribution in [1.82, 2.24) is 0 Å². The minimum absolute atomic E-state index is 0.0884. The van der Waals surface area contributed by atoms with Crippen molar-refractivity contribution in [2.45, 2.75) is 31.2 Å². The van der Waals surface area contributed by atoms with E-state index in [1.54, 1.807) is 0 Å². The highest BCUT2D eigenvalue weighted by molar-refractivity contribution is 5.13. The molecule has 4 atom stereocenters. The minimum Gasteiger partial charge on any atom is -0.388 e. The fraction of sp³-hybridized carbons (Fsp3) is 0.500. The molecule has 0 radical (unpaired) electrons. The van der Waals surface area contributed by atoms with Crippen molar-refractivity contribution in [2.24, 2.45) is 0 Å². The summed E-state index contributed by atoms with van der Waals surface area (Å²) in [6.45, 7) is 0.800. The van der Waals surface area contributed by atoms with Gasteiger partial charge in [0, 0.05) is 0 Å². The third-order valence-electron chi connectivity index (χ3n) is 2.90. The highest BCUT2D eigenvalue weighted by Crippen LogP contribution is 2.35. The van der Waals surface area contributed by atoms with Crippen LogP contribution in [0, 0.1) is 0 Å². The highest BCUT2D eigenvalue weighted by Gasteiger charge is 2.54. The predicted octanol–water partition coefficient (Wildman–Crippen LogP) is 0.688. The standard InChI is InChI=1S/C12H14O4/c13-9-7-15-12(11-10(9)16-11)14-6-8-4-2-1-3-5-8/h1-5,9-13H,6-7H2/t9-,10-,11-,12-/m0/s1. The minimum atomic E-state index is -0.499. The topological polar surface area (TPSA) is 51.2 Å². The molecule has 86 valence electrons. The van der Waals surface area contributed by atoms with E-state index >= 15 is 0 Å². The third-order valence-corrected chi connectivity index (χ3v) is 2.90. The number of fused-ring (bicyclic) bond motifs is 1. The summed E-state index contributed by atoms with van der Waals surface area (Å²) in [5, 5.41) is 9.42. The molecule has 1 N–H and O–H groups in total. The highest BCUT2D eigenvalue weighted by atomic mass is 16.7. The smallest absolute Gasteiger partial charge is 0.186 e. The van der Waals surface area contributed by atoms with Gasteiger partial charge in [-0.15, -0.1) is 0 Å². The Kier molecular flexibility index (Phi) is 2.65. The summed E-state index contributed by atoms with van der Waals surface area (Å²) < 4.78 is 16.3. The number of benzene rings is 1. The molecule has 0 amide bonds. The molecule has 3 rings (SSSR count). The quantitative estimate of drug-likeness (QED) is 0.764. The fourth-order valence-electron chi connectivity index (χ4n) is 1.94. The Balaban J connectivity index is 1.53. The van der Waals surface area contributed by atoms with Crippen LogP contribution < -0.4 is 0 Å². The van der Waals surface area contributed by atoms with Crippen molar-refractivity contribution >= 4 is 0 Å². The maximum absolute atomic E-state index is 9.42. The van der Waals surface area contributed by atoms with Gasteiger partial charge in [-0.1, -0.05) is 30.3 Å². The summed E-state index contributed by atoms with van der Waals surface area (Å²) in [7, 11) is 0. The number of aliphatic hydroxyl groups is 1. The van der Waals surface area contributed by atoms with Gasteiger partial charge in [-0.05, 0) is 5.56 Å². The number of rotatable bonds is 3. The molecule has 1 aromatic rings. The lowest BCUT2D eigenvalue weighted by molar-refractivity contribution is -0.182. The van der Waals surface area contributed by atoms with Crippen LogP contribution in [0.2, 0.25) is 0 Å². The molecule has 4 nitrogen and oxygen atoms in total. The summed E-state index contributed by atoms with van der Waals surface area (Å²) in [6, 6.07) is 9.92. The number of epoxide rings is 1. The van der Waals surface area contributed by atoms with Crippen LogP contribution in [-0.2, 0) is 20.8 Å². The van der Waals surface area contributed by atoms with Gasteiger partial charge in [-0.3, -0.25) is 0 Å². The first-order valence-electron chi connectivity index (χ1n) is 5.45. The van der Waals surface area contributed by atoms with E-state index in [2.05, 4.69) is 0 Å². The van der Waals surface area contributed by atoms with Crippen molar-refractivity contribution < 1.29 is 19.3 Å². The molecule has 0 saturated carbocycles. The second kappa shape index (κ2) is 4.14. The maximum atomic E-state index is 9.42. The second-order valence-electron chi connectivity index (χ2n) is 4.13. The van der Waals surface area contributed by atoms with Gasteiger partial charge in [0.2, 0.25) is 0 Å². The van der Waals surface area contributed by atoms with Crippen LogP contribution in [0.5, 0.6) is 0 Å². The van der Waals surface area contributed by atoms with E-state index in [1.807, 2.05) is 30.3 Å². The Bertz CT molecular complexity index is 353. The largest absolute Gasteiger partial charge is 0.388 e. The average Bonchev–Trinajstić information content (AvgIpc) is 3.11. The second-order valence-corrected chi connectivity index (χ2v) is 4.13. The maximum Gasteiger partial charge on any atom is 0.186 e. The first-order valence-corrected chi connectivity index (χ1v) is 5.45. The molecule has 1 aromatic carbocycles. The van der Waals surface area contributed by atoms with Crippen molar-refractivity contribution in [3.8, 4) is 0 Å². The van der Waals surface area contributed by atoms with E-state index in [9.17, 15) is 5.11 Å². The summed E-state index contributed by atoms with van der Waals surface area (Å²) in [5.41, 5.74) is 1.11. The van der Waals surface area contributed by atoms with E-state index in [4.69, 9.17) is 14.2 Å². The van der Waals surface area contributed by atoms with Crippen molar-refractivity contribution in [2.75, 3.05) is 6.61 Å². The zero-order valence-electron chi connectivity index (χ0n) is 8.78. The molecule has 2 heterocycles. The third kappa shape index (κ3) is 1.97. The molecular formula is C12H14O4. The van der Waals surface area contributed by atoms with Gasteiger partial charge < -0.3 is 19.3 Å². The molecule has 0 aliphatic carbocycles. The van der Waals surface area contributed by atoms with E-state index in [1.165, 1.54) is 0 Å². The molecule has 0 unspecified atom stereocenters.